The number of carbonyl (C=O) groups is 2. The van der Waals surface area contributed by atoms with Crippen LogP contribution in [-0.4, -0.2) is 24.0 Å². The molecule has 0 saturated heterocycles. The molecule has 20 heavy (non-hydrogen) atoms. The van der Waals surface area contributed by atoms with Crippen LogP contribution in [0.4, 0.5) is 5.69 Å². The first-order chi connectivity index (χ1) is 9.22. The van der Waals surface area contributed by atoms with Crippen LogP contribution in [0, 0.1) is 17.4 Å². The summed E-state index contributed by atoms with van der Waals surface area (Å²) in [5, 5.41) is 15.0. The zero-order valence-electron chi connectivity index (χ0n) is 11.8. The summed E-state index contributed by atoms with van der Waals surface area (Å²) in [6.07, 6.45) is 0. The van der Waals surface area contributed by atoms with Gasteiger partial charge in [0.25, 0.3) is 5.91 Å². The summed E-state index contributed by atoms with van der Waals surface area (Å²) >= 11 is 1.98. The van der Waals surface area contributed by atoms with Crippen LogP contribution in [0.2, 0.25) is 0 Å². The highest BCUT2D eigenvalue weighted by Gasteiger charge is 2.25. The van der Waals surface area contributed by atoms with Crippen LogP contribution in [0.3, 0.4) is 0 Å². The number of carbonyl (C=O) groups excluding carboxylic acids is 1. The van der Waals surface area contributed by atoms with Crippen molar-refractivity contribution in [2.24, 2.45) is 0 Å². The number of hydrogen-bond acceptors (Lipinski definition) is 3. The van der Waals surface area contributed by atoms with Gasteiger partial charge in [0.15, 0.2) is 0 Å². The fourth-order valence-corrected chi connectivity index (χ4v) is 3.24. The van der Waals surface area contributed by atoms with Gasteiger partial charge in [-0.1, -0.05) is 6.58 Å². The van der Waals surface area contributed by atoms with Crippen LogP contribution in [-0.2, 0) is 0 Å². The van der Waals surface area contributed by atoms with Gasteiger partial charge in [0.1, 0.15) is 0 Å². The van der Waals surface area contributed by atoms with Crippen molar-refractivity contribution in [3.63, 3.8) is 0 Å². The molecule has 3 N–H and O–H groups in total. The predicted molar refractivity (Wildman–Crippen MR) is 87.4 cm³/mol. The van der Waals surface area contributed by atoms with E-state index in [1.54, 1.807) is 20.8 Å². The third kappa shape index (κ3) is 2.95. The van der Waals surface area contributed by atoms with E-state index in [0.717, 1.165) is 0 Å². The fourth-order valence-electron chi connectivity index (χ4n) is 2.07. The Morgan fingerprint density at radius 3 is 2.15 bits per heavy atom. The molecule has 6 heteroatoms. The van der Waals surface area contributed by atoms with Gasteiger partial charge < -0.3 is 15.7 Å². The van der Waals surface area contributed by atoms with Gasteiger partial charge in [-0.15, -0.1) is 0 Å². The molecule has 0 aliphatic rings. The van der Waals surface area contributed by atoms with E-state index in [4.69, 9.17) is 0 Å². The molecule has 1 aromatic rings. The number of amides is 1. The number of allylic oxidation sites excluding steroid dienone is 1. The second kappa shape index (κ2) is 6.25. The molecule has 0 bridgehead atoms. The third-order valence-corrected chi connectivity index (χ3v) is 4.02. The van der Waals surface area contributed by atoms with E-state index < -0.39 is 5.97 Å². The highest BCUT2D eigenvalue weighted by atomic mass is 127. The van der Waals surface area contributed by atoms with Crippen LogP contribution in [0.1, 0.15) is 38.8 Å². The minimum atomic E-state index is -1.05. The lowest BCUT2D eigenvalue weighted by Gasteiger charge is -2.19. The SMILES string of the molecule is C=C(C)Nc1c(C)c(C(=O)NC)c(C)c(C(=O)O)c1I. The predicted octanol–water partition coefficient (Wildman–Crippen LogP) is 2.91. The molecule has 0 aromatic heterocycles. The van der Waals surface area contributed by atoms with E-state index >= 15 is 0 Å². The standard InChI is InChI=1S/C14H17IN2O3/c1-6(2)17-12-8(4)9(13(18)16-5)7(3)10(11(12)15)14(19)20/h17H,1H2,2-5H3,(H,16,18)(H,19,20). The normalized spacial score (nSPS) is 10.1. The van der Waals surface area contributed by atoms with Crippen molar-refractivity contribution in [3.8, 4) is 0 Å². The molecule has 0 radical (unpaired) electrons. The van der Waals surface area contributed by atoms with Crippen LogP contribution in [0.25, 0.3) is 0 Å². The lowest BCUT2D eigenvalue weighted by molar-refractivity contribution is 0.0695. The minimum Gasteiger partial charge on any atom is -0.478 e. The first kappa shape index (κ1) is 16.5. The number of halogens is 1. The van der Waals surface area contributed by atoms with Crippen molar-refractivity contribution in [3.05, 3.63) is 38.1 Å². The molecule has 0 unspecified atom stereocenters. The largest absolute Gasteiger partial charge is 0.478 e. The zero-order chi connectivity index (χ0) is 15.6. The maximum absolute atomic E-state index is 12.0. The number of nitrogens with one attached hydrogen (secondary N) is 2. The van der Waals surface area contributed by atoms with Crippen molar-refractivity contribution in [1.29, 1.82) is 0 Å². The Morgan fingerprint density at radius 1 is 1.20 bits per heavy atom. The van der Waals surface area contributed by atoms with E-state index in [-0.39, 0.29) is 11.5 Å². The molecule has 0 atom stereocenters. The molecule has 0 fully saturated rings. The molecule has 0 saturated carbocycles. The number of anilines is 1. The third-order valence-electron chi connectivity index (χ3n) is 2.95. The van der Waals surface area contributed by atoms with Crippen LogP contribution in [0.15, 0.2) is 12.3 Å². The topological polar surface area (TPSA) is 78.4 Å². The summed E-state index contributed by atoms with van der Waals surface area (Å²) in [6.45, 7) is 8.97. The Labute approximate surface area is 131 Å². The number of carboxylic acids is 1. The monoisotopic (exact) mass is 388 g/mol. The second-order valence-electron chi connectivity index (χ2n) is 4.48. The molecular weight excluding hydrogens is 371 g/mol. The summed E-state index contributed by atoms with van der Waals surface area (Å²) in [7, 11) is 1.52. The van der Waals surface area contributed by atoms with E-state index in [2.05, 4.69) is 17.2 Å². The van der Waals surface area contributed by atoms with Gasteiger partial charge in [-0.2, -0.15) is 0 Å². The Morgan fingerprint density at radius 2 is 1.75 bits per heavy atom. The Balaban J connectivity index is 3.78. The maximum atomic E-state index is 12.0. The van der Waals surface area contributed by atoms with Crippen LogP contribution < -0.4 is 10.6 Å². The molecule has 5 nitrogen and oxygen atoms in total. The number of carboxylic acid groups (broad SMARTS) is 1. The first-order valence-corrected chi connectivity index (χ1v) is 7.00. The number of benzene rings is 1. The number of rotatable bonds is 4. The van der Waals surface area contributed by atoms with E-state index in [0.29, 0.717) is 31.6 Å². The Bertz CT molecular complexity index is 609. The van der Waals surface area contributed by atoms with Crippen molar-refractivity contribution >= 4 is 40.2 Å². The van der Waals surface area contributed by atoms with Crippen LogP contribution >= 0.6 is 22.6 Å². The summed E-state index contributed by atoms with van der Waals surface area (Å²) in [4.78, 5) is 23.5. The summed E-state index contributed by atoms with van der Waals surface area (Å²) < 4.78 is 0.570. The smallest absolute Gasteiger partial charge is 0.337 e. The molecule has 108 valence electrons. The summed E-state index contributed by atoms with van der Waals surface area (Å²) in [5.74, 6) is -1.36. The van der Waals surface area contributed by atoms with Gasteiger partial charge in [0.05, 0.1) is 14.8 Å². The molecule has 0 aliphatic carbocycles. The average molecular weight is 388 g/mol. The molecule has 0 heterocycles. The average Bonchev–Trinajstić information content (AvgIpc) is 2.33. The molecule has 1 amide bonds. The van der Waals surface area contributed by atoms with Gasteiger partial charge in [0, 0.05) is 18.3 Å². The summed E-state index contributed by atoms with van der Waals surface area (Å²) in [6, 6.07) is 0. The van der Waals surface area contributed by atoms with Gasteiger partial charge in [-0.25, -0.2) is 4.79 Å². The van der Waals surface area contributed by atoms with Gasteiger partial charge in [0.2, 0.25) is 0 Å². The van der Waals surface area contributed by atoms with Gasteiger partial charge in [-0.05, 0) is 54.5 Å². The molecule has 0 aliphatic heterocycles. The van der Waals surface area contributed by atoms with E-state index in [9.17, 15) is 14.7 Å². The van der Waals surface area contributed by atoms with Crippen LogP contribution in [0.5, 0.6) is 0 Å². The highest BCUT2D eigenvalue weighted by molar-refractivity contribution is 14.1. The highest BCUT2D eigenvalue weighted by Crippen LogP contribution is 2.33. The Hall–Kier alpha value is -1.57. The maximum Gasteiger partial charge on any atom is 0.337 e. The van der Waals surface area contributed by atoms with Crippen molar-refractivity contribution in [2.45, 2.75) is 20.8 Å². The molecular formula is C14H17IN2O3. The number of aromatic carboxylic acids is 1. The summed E-state index contributed by atoms with van der Waals surface area (Å²) in [5.41, 5.74) is 2.98. The number of hydrogen-bond donors (Lipinski definition) is 3. The Kier molecular flexibility index (Phi) is 5.15. The minimum absolute atomic E-state index is 0.138. The molecule has 1 rings (SSSR count). The van der Waals surface area contributed by atoms with E-state index in [1.807, 2.05) is 22.6 Å². The lowest BCUT2D eigenvalue weighted by atomic mass is 9.95. The lowest BCUT2D eigenvalue weighted by Crippen LogP contribution is -2.23. The second-order valence-corrected chi connectivity index (χ2v) is 5.56. The quantitative estimate of drug-likeness (QED) is 0.694. The van der Waals surface area contributed by atoms with Gasteiger partial charge >= 0.3 is 5.97 Å². The first-order valence-electron chi connectivity index (χ1n) is 5.92. The van der Waals surface area contributed by atoms with E-state index in [1.165, 1.54) is 7.05 Å². The van der Waals surface area contributed by atoms with Crippen molar-refractivity contribution in [1.82, 2.24) is 5.32 Å². The van der Waals surface area contributed by atoms with Gasteiger partial charge in [-0.3, -0.25) is 4.79 Å². The van der Waals surface area contributed by atoms with Crippen molar-refractivity contribution < 1.29 is 14.7 Å². The molecule has 1 aromatic carbocycles. The fraction of sp³-hybridized carbons (Fsp3) is 0.286. The molecule has 0 spiro atoms. The zero-order valence-corrected chi connectivity index (χ0v) is 14.0. The van der Waals surface area contributed by atoms with Crippen molar-refractivity contribution in [2.75, 3.05) is 12.4 Å².